The summed E-state index contributed by atoms with van der Waals surface area (Å²) in [5.41, 5.74) is 5.59. The van der Waals surface area contributed by atoms with Crippen LogP contribution in [0.2, 0.25) is 0 Å². The third-order valence-electron chi connectivity index (χ3n) is 5.36. The zero-order chi connectivity index (χ0) is 20.5. The van der Waals surface area contributed by atoms with Crippen LogP contribution in [0.4, 0.5) is 5.69 Å². The van der Waals surface area contributed by atoms with Crippen molar-refractivity contribution in [1.29, 1.82) is 0 Å². The summed E-state index contributed by atoms with van der Waals surface area (Å²) in [5, 5.41) is 3.61. The van der Waals surface area contributed by atoms with E-state index in [-0.39, 0.29) is 24.0 Å². The van der Waals surface area contributed by atoms with Gasteiger partial charge in [-0.25, -0.2) is 0 Å². The molecule has 1 aliphatic rings. The summed E-state index contributed by atoms with van der Waals surface area (Å²) in [4.78, 5) is 24.4. The van der Waals surface area contributed by atoms with Gasteiger partial charge in [0.1, 0.15) is 5.69 Å². The fourth-order valence-electron chi connectivity index (χ4n) is 4.23. The van der Waals surface area contributed by atoms with Crippen molar-refractivity contribution in [3.8, 4) is 11.1 Å². The Labute approximate surface area is 171 Å². The Hall–Kier alpha value is -3.21. The zero-order valence-electron chi connectivity index (χ0n) is 17.3. The third-order valence-corrected chi connectivity index (χ3v) is 5.36. The minimum atomic E-state index is -0.192. The minimum Gasteiger partial charge on any atom is -0.373 e. The molecular weight excluding hydrogens is 360 g/mol. The Bertz CT molecular complexity index is 1020. The summed E-state index contributed by atoms with van der Waals surface area (Å²) in [6.45, 7) is 8.16. The molecule has 3 aromatic rings. The number of anilines is 1. The lowest BCUT2D eigenvalue weighted by atomic mass is 9.85. The van der Waals surface area contributed by atoms with E-state index in [2.05, 4.69) is 27.4 Å². The van der Waals surface area contributed by atoms with Crippen LogP contribution in [0.5, 0.6) is 0 Å². The van der Waals surface area contributed by atoms with Crippen LogP contribution in [0, 0.1) is 0 Å². The van der Waals surface area contributed by atoms with Crippen molar-refractivity contribution in [3.63, 3.8) is 0 Å². The number of fused-ring (bicyclic) bond motifs is 3. The van der Waals surface area contributed by atoms with E-state index in [0.29, 0.717) is 5.69 Å². The molecule has 2 aromatic heterocycles. The maximum Gasteiger partial charge on any atom is 0.273 e. The highest BCUT2D eigenvalue weighted by Crippen LogP contribution is 2.44. The number of para-hydroxylation sites is 1. The molecule has 0 bridgehead atoms. The summed E-state index contributed by atoms with van der Waals surface area (Å²) in [6.07, 6.45) is 5.35. The highest BCUT2D eigenvalue weighted by atomic mass is 16.2. The molecule has 4 rings (SSSR count). The SMILES string of the molecule is CC(C)N(C(=O)c1nccc2c1C(c1cccnc1)Nc1ccccc1-2)C(C)C. The number of nitrogens with one attached hydrogen (secondary N) is 1. The van der Waals surface area contributed by atoms with E-state index in [9.17, 15) is 4.79 Å². The highest BCUT2D eigenvalue weighted by molar-refractivity contribution is 5.98. The van der Waals surface area contributed by atoms with Crippen molar-refractivity contribution in [1.82, 2.24) is 14.9 Å². The maximum atomic E-state index is 13.6. The third kappa shape index (κ3) is 3.37. The van der Waals surface area contributed by atoms with E-state index in [1.54, 1.807) is 12.4 Å². The van der Waals surface area contributed by atoms with E-state index >= 15 is 0 Å². The van der Waals surface area contributed by atoms with E-state index in [1.807, 2.05) is 69.1 Å². The topological polar surface area (TPSA) is 58.1 Å². The average Bonchev–Trinajstić information content (AvgIpc) is 2.72. The van der Waals surface area contributed by atoms with Gasteiger partial charge in [0.25, 0.3) is 5.91 Å². The first-order chi connectivity index (χ1) is 14.0. The minimum absolute atomic E-state index is 0.0399. The molecule has 1 aromatic carbocycles. The number of nitrogens with zero attached hydrogens (tertiary/aromatic N) is 3. The van der Waals surface area contributed by atoms with Gasteiger partial charge in [0.2, 0.25) is 0 Å². The van der Waals surface area contributed by atoms with E-state index in [4.69, 9.17) is 0 Å². The van der Waals surface area contributed by atoms with Gasteiger partial charge in [-0.15, -0.1) is 0 Å². The molecule has 1 N–H and O–H groups in total. The van der Waals surface area contributed by atoms with Crippen LogP contribution in [0.15, 0.2) is 61.1 Å². The molecule has 5 heteroatoms. The number of carbonyl (C=O) groups excluding carboxylic acids is 1. The van der Waals surface area contributed by atoms with Crippen LogP contribution in [0.25, 0.3) is 11.1 Å². The molecule has 0 saturated carbocycles. The molecular formula is C24H26N4O. The van der Waals surface area contributed by atoms with Crippen molar-refractivity contribution in [2.24, 2.45) is 0 Å². The smallest absolute Gasteiger partial charge is 0.273 e. The number of aromatic nitrogens is 2. The number of benzene rings is 1. The molecule has 1 aliphatic heterocycles. The van der Waals surface area contributed by atoms with Crippen LogP contribution in [-0.2, 0) is 0 Å². The maximum absolute atomic E-state index is 13.6. The molecule has 1 amide bonds. The molecule has 29 heavy (non-hydrogen) atoms. The molecule has 0 radical (unpaired) electrons. The lowest BCUT2D eigenvalue weighted by molar-refractivity contribution is 0.0636. The predicted molar refractivity (Wildman–Crippen MR) is 116 cm³/mol. The van der Waals surface area contributed by atoms with Crippen LogP contribution in [0.1, 0.15) is 55.4 Å². The Balaban J connectivity index is 1.94. The fourth-order valence-corrected chi connectivity index (χ4v) is 4.23. The summed E-state index contributed by atoms with van der Waals surface area (Å²) in [5.74, 6) is -0.0399. The second-order valence-corrected chi connectivity index (χ2v) is 7.93. The lowest BCUT2D eigenvalue weighted by Crippen LogP contribution is -2.43. The van der Waals surface area contributed by atoms with Gasteiger partial charge in [0, 0.05) is 47.5 Å². The van der Waals surface area contributed by atoms with Gasteiger partial charge >= 0.3 is 0 Å². The summed E-state index contributed by atoms with van der Waals surface area (Å²) < 4.78 is 0. The van der Waals surface area contributed by atoms with E-state index in [0.717, 1.165) is 27.9 Å². The zero-order valence-corrected chi connectivity index (χ0v) is 17.3. The quantitative estimate of drug-likeness (QED) is 0.692. The highest BCUT2D eigenvalue weighted by Gasteiger charge is 2.33. The number of hydrogen-bond donors (Lipinski definition) is 1. The largest absolute Gasteiger partial charge is 0.373 e. The molecule has 5 nitrogen and oxygen atoms in total. The Morgan fingerprint density at radius 2 is 1.72 bits per heavy atom. The van der Waals surface area contributed by atoms with Crippen molar-refractivity contribution < 1.29 is 4.79 Å². The second kappa shape index (κ2) is 7.66. The van der Waals surface area contributed by atoms with E-state index < -0.39 is 0 Å². The van der Waals surface area contributed by atoms with Gasteiger partial charge in [0.05, 0.1) is 6.04 Å². The molecule has 1 unspecified atom stereocenters. The number of amides is 1. The Kier molecular flexibility index (Phi) is 5.05. The van der Waals surface area contributed by atoms with E-state index in [1.165, 1.54) is 0 Å². The Morgan fingerprint density at radius 1 is 0.966 bits per heavy atom. The van der Waals surface area contributed by atoms with Gasteiger partial charge < -0.3 is 10.2 Å². The fraction of sp³-hybridized carbons (Fsp3) is 0.292. The number of carbonyl (C=O) groups is 1. The summed E-state index contributed by atoms with van der Waals surface area (Å²) >= 11 is 0. The van der Waals surface area contributed by atoms with Crippen LogP contribution in [0.3, 0.4) is 0 Å². The Morgan fingerprint density at radius 3 is 2.41 bits per heavy atom. The lowest BCUT2D eigenvalue weighted by Gasteiger charge is -2.34. The summed E-state index contributed by atoms with van der Waals surface area (Å²) in [6, 6.07) is 14.1. The van der Waals surface area contributed by atoms with Crippen molar-refractivity contribution in [2.45, 2.75) is 45.8 Å². The number of rotatable bonds is 4. The number of pyridine rings is 2. The van der Waals surface area contributed by atoms with Crippen molar-refractivity contribution in [3.05, 3.63) is 77.9 Å². The van der Waals surface area contributed by atoms with Gasteiger partial charge in [0.15, 0.2) is 0 Å². The van der Waals surface area contributed by atoms with Crippen molar-refractivity contribution >= 4 is 11.6 Å². The average molecular weight is 386 g/mol. The molecule has 1 atom stereocenters. The van der Waals surface area contributed by atoms with Gasteiger partial charge in [-0.2, -0.15) is 0 Å². The first kappa shape index (κ1) is 19.1. The van der Waals surface area contributed by atoms with Gasteiger partial charge in [-0.3, -0.25) is 14.8 Å². The molecule has 148 valence electrons. The van der Waals surface area contributed by atoms with Crippen molar-refractivity contribution in [2.75, 3.05) is 5.32 Å². The molecule has 0 fully saturated rings. The second-order valence-electron chi connectivity index (χ2n) is 7.93. The molecule has 0 aliphatic carbocycles. The molecule has 0 spiro atoms. The normalized spacial score (nSPS) is 14.9. The monoisotopic (exact) mass is 386 g/mol. The number of hydrogen-bond acceptors (Lipinski definition) is 4. The first-order valence-corrected chi connectivity index (χ1v) is 10.1. The standard InChI is InChI=1S/C24H26N4O/c1-15(2)28(16(3)4)24(29)23-21-19(11-13-26-23)18-9-5-6-10-20(18)27-22(21)17-8-7-12-25-14-17/h5-16,22,27H,1-4H3. The first-order valence-electron chi connectivity index (χ1n) is 10.1. The van der Waals surface area contributed by atoms with Gasteiger partial charge in [-0.1, -0.05) is 24.3 Å². The van der Waals surface area contributed by atoms with Gasteiger partial charge in [-0.05, 0) is 57.0 Å². The molecule has 3 heterocycles. The molecule has 0 saturated heterocycles. The van der Waals surface area contributed by atoms with Crippen LogP contribution in [-0.4, -0.2) is 32.9 Å². The van der Waals surface area contributed by atoms with Crippen LogP contribution < -0.4 is 5.32 Å². The predicted octanol–water partition coefficient (Wildman–Crippen LogP) is 4.92. The van der Waals surface area contributed by atoms with Crippen LogP contribution >= 0.6 is 0 Å². The summed E-state index contributed by atoms with van der Waals surface area (Å²) in [7, 11) is 0.